The smallest absolute Gasteiger partial charge is 0.133 e. The summed E-state index contributed by atoms with van der Waals surface area (Å²) in [6.07, 6.45) is 1.12. The van der Waals surface area contributed by atoms with Gasteiger partial charge in [-0.3, -0.25) is 0 Å². The maximum atomic E-state index is 5.97. The van der Waals surface area contributed by atoms with Gasteiger partial charge in [-0.2, -0.15) is 0 Å². The number of hydrogen-bond donors (Lipinski definition) is 0. The monoisotopic (exact) mass is 226 g/mol. The van der Waals surface area contributed by atoms with Gasteiger partial charge in [0, 0.05) is 24.8 Å². The van der Waals surface area contributed by atoms with E-state index in [4.69, 9.17) is 11.6 Å². The van der Waals surface area contributed by atoms with Gasteiger partial charge >= 0.3 is 0 Å². The first-order valence-corrected chi connectivity index (χ1v) is 5.87. The summed E-state index contributed by atoms with van der Waals surface area (Å²) in [7, 11) is 2.07. The largest absolute Gasteiger partial charge is 0.359 e. The quantitative estimate of drug-likeness (QED) is 0.733. The Morgan fingerprint density at radius 3 is 2.60 bits per heavy atom. The van der Waals surface area contributed by atoms with Crippen molar-refractivity contribution in [2.24, 2.45) is 0 Å². The summed E-state index contributed by atoms with van der Waals surface area (Å²) in [5.41, 5.74) is 3.44. The average Bonchev–Trinajstić information content (AvgIpc) is 2.17. The number of rotatable bonds is 4. The molecule has 0 aliphatic carbocycles. The number of pyridine rings is 1. The topological polar surface area (TPSA) is 16.1 Å². The van der Waals surface area contributed by atoms with E-state index in [0.29, 0.717) is 5.88 Å². The van der Waals surface area contributed by atoms with Crippen LogP contribution < -0.4 is 4.90 Å². The average molecular weight is 227 g/mol. The van der Waals surface area contributed by atoms with E-state index in [1.165, 1.54) is 5.56 Å². The Morgan fingerprint density at radius 1 is 1.40 bits per heavy atom. The lowest BCUT2D eigenvalue weighted by molar-refractivity contribution is 0.828. The standard InChI is InChI=1S/C12H19ClN2/c1-5-6-15(4)12-11(8-13)9(2)7-10(3)14-12/h7H,5-6,8H2,1-4H3. The van der Waals surface area contributed by atoms with Crippen molar-refractivity contribution >= 4 is 17.4 Å². The number of aryl methyl sites for hydroxylation is 2. The van der Waals surface area contributed by atoms with E-state index in [-0.39, 0.29) is 0 Å². The highest BCUT2D eigenvalue weighted by Crippen LogP contribution is 2.23. The Balaban J connectivity index is 3.13. The second kappa shape index (κ2) is 5.36. The molecule has 0 amide bonds. The minimum absolute atomic E-state index is 0.530. The van der Waals surface area contributed by atoms with Crippen molar-refractivity contribution in [2.75, 3.05) is 18.5 Å². The van der Waals surface area contributed by atoms with Crippen LogP contribution in [0.5, 0.6) is 0 Å². The van der Waals surface area contributed by atoms with E-state index < -0.39 is 0 Å². The molecule has 1 aromatic heterocycles. The molecule has 15 heavy (non-hydrogen) atoms. The number of hydrogen-bond acceptors (Lipinski definition) is 2. The molecule has 0 fully saturated rings. The molecule has 0 saturated heterocycles. The molecule has 0 aliphatic rings. The number of halogens is 1. The summed E-state index contributed by atoms with van der Waals surface area (Å²) in [5.74, 6) is 1.56. The predicted octanol–water partition coefficient (Wildman–Crippen LogP) is 3.28. The molecular formula is C12H19ClN2. The van der Waals surface area contributed by atoms with Gasteiger partial charge in [-0.05, 0) is 31.9 Å². The minimum atomic E-state index is 0.530. The maximum absolute atomic E-state index is 5.97. The van der Waals surface area contributed by atoms with Crippen molar-refractivity contribution in [1.82, 2.24) is 4.98 Å². The highest BCUT2D eigenvalue weighted by atomic mass is 35.5. The van der Waals surface area contributed by atoms with Crippen molar-refractivity contribution in [2.45, 2.75) is 33.1 Å². The van der Waals surface area contributed by atoms with E-state index in [0.717, 1.165) is 30.0 Å². The summed E-state index contributed by atoms with van der Waals surface area (Å²) in [4.78, 5) is 6.74. The van der Waals surface area contributed by atoms with E-state index in [1.807, 2.05) is 6.92 Å². The van der Waals surface area contributed by atoms with Crippen LogP contribution in [0.4, 0.5) is 5.82 Å². The first-order chi connectivity index (χ1) is 7.10. The lowest BCUT2D eigenvalue weighted by atomic mass is 10.1. The van der Waals surface area contributed by atoms with Gasteiger partial charge in [0.05, 0.1) is 5.88 Å². The number of alkyl halides is 1. The van der Waals surface area contributed by atoms with Crippen molar-refractivity contribution in [3.63, 3.8) is 0 Å². The number of anilines is 1. The fraction of sp³-hybridized carbons (Fsp3) is 0.583. The van der Waals surface area contributed by atoms with Crippen molar-refractivity contribution in [3.8, 4) is 0 Å². The summed E-state index contributed by atoms with van der Waals surface area (Å²) in [6.45, 7) is 7.29. The molecule has 2 nitrogen and oxygen atoms in total. The van der Waals surface area contributed by atoms with E-state index >= 15 is 0 Å². The predicted molar refractivity (Wildman–Crippen MR) is 66.8 cm³/mol. The second-order valence-electron chi connectivity index (χ2n) is 3.94. The lowest BCUT2D eigenvalue weighted by Gasteiger charge is -2.21. The molecule has 84 valence electrons. The first kappa shape index (κ1) is 12.3. The molecule has 0 bridgehead atoms. The van der Waals surface area contributed by atoms with Crippen LogP contribution in [0.15, 0.2) is 6.07 Å². The van der Waals surface area contributed by atoms with E-state index in [2.05, 4.69) is 36.8 Å². The summed E-state index contributed by atoms with van der Waals surface area (Å²) in [6, 6.07) is 2.08. The van der Waals surface area contributed by atoms with Crippen molar-refractivity contribution < 1.29 is 0 Å². The molecule has 1 aromatic rings. The molecule has 0 N–H and O–H groups in total. The Bertz CT molecular complexity index is 337. The van der Waals surface area contributed by atoms with Crippen LogP contribution in [0.3, 0.4) is 0 Å². The van der Waals surface area contributed by atoms with Crippen LogP contribution in [-0.4, -0.2) is 18.6 Å². The zero-order valence-electron chi connectivity index (χ0n) is 9.97. The van der Waals surface area contributed by atoms with E-state index in [1.54, 1.807) is 0 Å². The van der Waals surface area contributed by atoms with Crippen LogP contribution in [-0.2, 0) is 5.88 Å². The SMILES string of the molecule is CCCN(C)c1nc(C)cc(C)c1CCl. The van der Waals surface area contributed by atoms with Gasteiger partial charge in [-0.1, -0.05) is 6.92 Å². The third kappa shape index (κ3) is 2.85. The van der Waals surface area contributed by atoms with Gasteiger partial charge in [0.15, 0.2) is 0 Å². The fourth-order valence-corrected chi connectivity index (χ4v) is 2.10. The fourth-order valence-electron chi connectivity index (χ4n) is 1.77. The number of nitrogens with zero attached hydrogens (tertiary/aromatic N) is 2. The second-order valence-corrected chi connectivity index (χ2v) is 4.21. The summed E-state index contributed by atoms with van der Waals surface area (Å²) < 4.78 is 0. The molecule has 0 saturated carbocycles. The Kier molecular flexibility index (Phi) is 4.40. The molecule has 0 unspecified atom stereocenters. The van der Waals surface area contributed by atoms with Crippen LogP contribution in [0.25, 0.3) is 0 Å². The van der Waals surface area contributed by atoms with Crippen molar-refractivity contribution in [1.29, 1.82) is 0 Å². The first-order valence-electron chi connectivity index (χ1n) is 5.34. The normalized spacial score (nSPS) is 10.5. The molecular weight excluding hydrogens is 208 g/mol. The Labute approximate surface area is 97.3 Å². The minimum Gasteiger partial charge on any atom is -0.359 e. The van der Waals surface area contributed by atoms with Crippen LogP contribution in [0.1, 0.15) is 30.2 Å². The Morgan fingerprint density at radius 2 is 2.07 bits per heavy atom. The molecule has 0 radical (unpaired) electrons. The lowest BCUT2D eigenvalue weighted by Crippen LogP contribution is -2.21. The van der Waals surface area contributed by atoms with Gasteiger partial charge in [-0.15, -0.1) is 11.6 Å². The maximum Gasteiger partial charge on any atom is 0.133 e. The molecule has 3 heteroatoms. The summed E-state index contributed by atoms with van der Waals surface area (Å²) >= 11 is 5.97. The van der Waals surface area contributed by atoms with Gasteiger partial charge in [0.2, 0.25) is 0 Å². The van der Waals surface area contributed by atoms with Crippen LogP contribution in [0, 0.1) is 13.8 Å². The molecule has 1 rings (SSSR count). The van der Waals surface area contributed by atoms with E-state index in [9.17, 15) is 0 Å². The Hall–Kier alpha value is -0.760. The van der Waals surface area contributed by atoms with Crippen LogP contribution in [0.2, 0.25) is 0 Å². The van der Waals surface area contributed by atoms with Gasteiger partial charge in [0.25, 0.3) is 0 Å². The van der Waals surface area contributed by atoms with Crippen LogP contribution >= 0.6 is 11.6 Å². The number of aromatic nitrogens is 1. The van der Waals surface area contributed by atoms with Gasteiger partial charge in [0.1, 0.15) is 5.82 Å². The van der Waals surface area contributed by atoms with Gasteiger partial charge < -0.3 is 4.90 Å². The molecule has 0 aromatic carbocycles. The highest BCUT2D eigenvalue weighted by molar-refractivity contribution is 6.17. The zero-order chi connectivity index (χ0) is 11.4. The van der Waals surface area contributed by atoms with Gasteiger partial charge in [-0.25, -0.2) is 4.98 Å². The molecule has 0 spiro atoms. The molecule has 1 heterocycles. The third-order valence-electron chi connectivity index (χ3n) is 2.51. The third-order valence-corrected chi connectivity index (χ3v) is 2.78. The molecule has 0 atom stereocenters. The van der Waals surface area contributed by atoms with Crippen molar-refractivity contribution in [3.05, 3.63) is 22.9 Å². The molecule has 0 aliphatic heterocycles. The zero-order valence-corrected chi connectivity index (χ0v) is 10.7. The summed E-state index contributed by atoms with van der Waals surface area (Å²) in [5, 5.41) is 0. The highest BCUT2D eigenvalue weighted by Gasteiger charge is 2.11.